The highest BCUT2D eigenvalue weighted by molar-refractivity contribution is 7.80. The van der Waals surface area contributed by atoms with Crippen molar-refractivity contribution in [2.24, 2.45) is 0 Å². The number of rotatable bonds is 4. The summed E-state index contributed by atoms with van der Waals surface area (Å²) in [5, 5.41) is 8.53. The smallest absolute Gasteiger partial charge is 0.320 e. The quantitative estimate of drug-likeness (QED) is 0.419. The van der Waals surface area contributed by atoms with E-state index in [1.54, 1.807) is 0 Å². The Bertz CT molecular complexity index is 120. The fraction of sp³-hybridized carbons (Fsp3) is 0.800. The molecule has 2 N–H and O–H groups in total. The van der Waals surface area contributed by atoms with E-state index in [-0.39, 0.29) is 0 Å². The summed E-state index contributed by atoms with van der Waals surface area (Å²) in [5.74, 6) is -0.447. The molecule has 0 saturated heterocycles. The molecule has 0 radical (unpaired) electrons. The van der Waals surface area contributed by atoms with Gasteiger partial charge in [-0.3, -0.25) is 4.79 Å². The number of nitrogens with one attached hydrogen (secondary N) is 1. The molecule has 0 heterocycles. The Hall–Kier alpha value is -0.00312. The molecule has 0 spiro atoms. The van der Waals surface area contributed by atoms with Crippen molar-refractivity contribution in [2.75, 3.05) is 5.75 Å². The van der Waals surface area contributed by atoms with E-state index in [1.165, 1.54) is 0 Å². The Morgan fingerprint density at radius 2 is 2.30 bits per heavy atom. The van der Waals surface area contributed by atoms with Gasteiger partial charge in [0.15, 0.2) is 0 Å². The topological polar surface area (TPSA) is 49.3 Å². The first-order valence-corrected chi connectivity index (χ1v) is 6.69. The predicted octanol–water partition coefficient (Wildman–Crippen LogP) is -0.0576. The Morgan fingerprint density at radius 3 is 2.40 bits per heavy atom. The standard InChI is InChI=1S/C5H13NO2SSi/c1-10(2)6-4(3-9)5(7)8/h4,6,9-10H,3H2,1-2H3,(H,7,8). The molecule has 0 aliphatic rings. The van der Waals surface area contributed by atoms with E-state index in [0.29, 0.717) is 5.75 Å². The lowest BCUT2D eigenvalue weighted by Gasteiger charge is -2.13. The van der Waals surface area contributed by atoms with Gasteiger partial charge < -0.3 is 10.1 Å². The molecular weight excluding hydrogens is 166 g/mol. The second kappa shape index (κ2) is 4.76. The van der Waals surface area contributed by atoms with Crippen LogP contribution in [-0.2, 0) is 4.79 Å². The first-order chi connectivity index (χ1) is 4.57. The van der Waals surface area contributed by atoms with E-state index in [0.717, 1.165) is 0 Å². The number of carboxylic acids is 1. The van der Waals surface area contributed by atoms with E-state index >= 15 is 0 Å². The van der Waals surface area contributed by atoms with Gasteiger partial charge in [0.1, 0.15) is 15.0 Å². The molecule has 0 rings (SSSR count). The number of hydrogen-bond acceptors (Lipinski definition) is 3. The van der Waals surface area contributed by atoms with E-state index < -0.39 is 21.0 Å². The van der Waals surface area contributed by atoms with E-state index in [2.05, 4.69) is 17.6 Å². The monoisotopic (exact) mass is 179 g/mol. The maximum Gasteiger partial charge on any atom is 0.320 e. The van der Waals surface area contributed by atoms with Gasteiger partial charge in [0, 0.05) is 5.75 Å². The zero-order valence-corrected chi connectivity index (χ0v) is 8.21. The molecule has 1 unspecified atom stereocenters. The lowest BCUT2D eigenvalue weighted by atomic mass is 10.4. The van der Waals surface area contributed by atoms with Crippen LogP contribution in [0.1, 0.15) is 0 Å². The van der Waals surface area contributed by atoms with Crippen molar-refractivity contribution < 1.29 is 9.90 Å². The molecular formula is C5H13NO2SSi. The van der Waals surface area contributed by atoms with Crippen LogP contribution in [0.2, 0.25) is 13.1 Å². The molecule has 0 bridgehead atoms. The molecule has 3 nitrogen and oxygen atoms in total. The van der Waals surface area contributed by atoms with E-state index in [1.807, 2.05) is 13.1 Å². The van der Waals surface area contributed by atoms with Gasteiger partial charge in [-0.25, -0.2) is 0 Å². The first kappa shape index (κ1) is 10.00. The van der Waals surface area contributed by atoms with Crippen LogP contribution in [-0.4, -0.2) is 31.8 Å². The molecule has 0 aromatic carbocycles. The van der Waals surface area contributed by atoms with Crippen LogP contribution in [0.5, 0.6) is 0 Å². The highest BCUT2D eigenvalue weighted by Crippen LogP contribution is 1.88. The average Bonchev–Trinajstić information content (AvgIpc) is 1.81. The van der Waals surface area contributed by atoms with Crippen molar-refractivity contribution in [3.05, 3.63) is 0 Å². The highest BCUT2D eigenvalue weighted by atomic mass is 32.1. The molecule has 0 aromatic heterocycles. The third kappa shape index (κ3) is 3.92. The minimum absolute atomic E-state index is 0.362. The number of thiol groups is 1. The molecule has 0 aliphatic carbocycles. The van der Waals surface area contributed by atoms with Gasteiger partial charge in [0.05, 0.1) is 0 Å². The van der Waals surface area contributed by atoms with Gasteiger partial charge >= 0.3 is 5.97 Å². The second-order valence-corrected chi connectivity index (χ2v) is 5.40. The second-order valence-electron chi connectivity index (χ2n) is 2.39. The van der Waals surface area contributed by atoms with E-state index in [4.69, 9.17) is 5.11 Å². The molecule has 60 valence electrons. The summed E-state index contributed by atoms with van der Waals surface area (Å²) in [5.41, 5.74) is 0. The van der Waals surface area contributed by atoms with Crippen molar-refractivity contribution in [1.29, 1.82) is 0 Å². The predicted molar refractivity (Wildman–Crippen MR) is 47.3 cm³/mol. The summed E-state index contributed by atoms with van der Waals surface area (Å²) in [6, 6.07) is -0.463. The summed E-state index contributed by atoms with van der Waals surface area (Å²) in [7, 11) is -0.982. The maximum atomic E-state index is 10.4. The lowest BCUT2D eigenvalue weighted by molar-refractivity contribution is -0.138. The number of carbonyl (C=O) groups is 1. The summed E-state index contributed by atoms with van der Waals surface area (Å²) in [4.78, 5) is 13.4. The van der Waals surface area contributed by atoms with Crippen LogP contribution in [0.3, 0.4) is 0 Å². The number of hydrogen-bond donors (Lipinski definition) is 3. The Morgan fingerprint density at radius 1 is 1.80 bits per heavy atom. The van der Waals surface area contributed by atoms with Crippen LogP contribution < -0.4 is 4.98 Å². The third-order valence-corrected chi connectivity index (χ3v) is 2.45. The maximum absolute atomic E-state index is 10.4. The molecule has 0 aliphatic heterocycles. The highest BCUT2D eigenvalue weighted by Gasteiger charge is 2.15. The first-order valence-electron chi connectivity index (χ1n) is 3.17. The number of carboxylic acid groups (broad SMARTS) is 1. The van der Waals surface area contributed by atoms with Crippen LogP contribution in [0.4, 0.5) is 0 Å². The molecule has 0 amide bonds. The van der Waals surface area contributed by atoms with Gasteiger partial charge in [-0.1, -0.05) is 13.1 Å². The van der Waals surface area contributed by atoms with Crippen molar-refractivity contribution >= 4 is 27.6 Å². The molecule has 0 saturated carbocycles. The normalized spacial score (nSPS) is 13.6. The molecule has 0 aromatic rings. The Kier molecular flexibility index (Phi) is 4.76. The van der Waals surface area contributed by atoms with E-state index in [9.17, 15) is 4.79 Å². The zero-order chi connectivity index (χ0) is 8.15. The molecule has 1 atom stereocenters. The molecule has 5 heteroatoms. The van der Waals surface area contributed by atoms with Crippen LogP contribution >= 0.6 is 12.6 Å². The van der Waals surface area contributed by atoms with Gasteiger partial charge in [-0.05, 0) is 0 Å². The summed E-state index contributed by atoms with van der Waals surface area (Å²) >= 11 is 3.91. The fourth-order valence-electron chi connectivity index (χ4n) is 0.604. The van der Waals surface area contributed by atoms with Gasteiger partial charge in [0.25, 0.3) is 0 Å². The summed E-state index contributed by atoms with van der Waals surface area (Å²) in [6.45, 7) is 4.08. The fourth-order valence-corrected chi connectivity index (χ4v) is 2.13. The average molecular weight is 179 g/mol. The summed E-state index contributed by atoms with van der Waals surface area (Å²) in [6.07, 6.45) is 0. The summed E-state index contributed by atoms with van der Waals surface area (Å²) < 4.78 is 0. The molecule has 10 heavy (non-hydrogen) atoms. The minimum atomic E-state index is -0.982. The number of aliphatic carboxylic acids is 1. The van der Waals surface area contributed by atoms with Crippen LogP contribution in [0.25, 0.3) is 0 Å². The minimum Gasteiger partial charge on any atom is -0.480 e. The molecule has 0 fully saturated rings. The van der Waals surface area contributed by atoms with Crippen LogP contribution in [0, 0.1) is 0 Å². The largest absolute Gasteiger partial charge is 0.480 e. The Labute approximate surface area is 67.9 Å². The van der Waals surface area contributed by atoms with Gasteiger partial charge in [0.2, 0.25) is 0 Å². The van der Waals surface area contributed by atoms with Crippen molar-refractivity contribution in [3.8, 4) is 0 Å². The zero-order valence-electron chi connectivity index (χ0n) is 6.16. The van der Waals surface area contributed by atoms with Gasteiger partial charge in [-0.2, -0.15) is 12.6 Å². The van der Waals surface area contributed by atoms with Crippen LogP contribution in [0.15, 0.2) is 0 Å². The van der Waals surface area contributed by atoms with Crippen molar-refractivity contribution in [2.45, 2.75) is 19.1 Å². The van der Waals surface area contributed by atoms with Crippen molar-refractivity contribution in [3.63, 3.8) is 0 Å². The Balaban J connectivity index is 3.72. The lowest BCUT2D eigenvalue weighted by Crippen LogP contribution is -2.44. The SMILES string of the molecule is C[SiH](C)NC(CS)C(=O)O. The third-order valence-electron chi connectivity index (χ3n) is 1.02. The van der Waals surface area contributed by atoms with Gasteiger partial charge in [-0.15, -0.1) is 0 Å². The van der Waals surface area contributed by atoms with Crippen molar-refractivity contribution in [1.82, 2.24) is 4.98 Å².